The largest absolute Gasteiger partial charge is 0.492 e. The van der Waals surface area contributed by atoms with E-state index < -0.39 is 10.0 Å². The molecule has 1 aliphatic heterocycles. The van der Waals surface area contributed by atoms with E-state index >= 15 is 0 Å². The van der Waals surface area contributed by atoms with Crippen molar-refractivity contribution in [2.75, 3.05) is 11.3 Å². The van der Waals surface area contributed by atoms with Gasteiger partial charge in [-0.1, -0.05) is 15.9 Å². The molecule has 2 aromatic carbocycles. The first-order valence-electron chi connectivity index (χ1n) is 7.64. The van der Waals surface area contributed by atoms with Gasteiger partial charge in [-0.3, -0.25) is 4.72 Å². The molecule has 24 heavy (non-hydrogen) atoms. The molecule has 0 fully saturated rings. The van der Waals surface area contributed by atoms with Gasteiger partial charge in [-0.05, 0) is 44.2 Å². The maximum absolute atomic E-state index is 12.6. The van der Waals surface area contributed by atoms with E-state index in [1.54, 1.807) is 30.3 Å². The highest BCUT2D eigenvalue weighted by molar-refractivity contribution is 9.10. The minimum atomic E-state index is -3.71. The van der Waals surface area contributed by atoms with Crippen molar-refractivity contribution in [3.05, 3.63) is 46.4 Å². The van der Waals surface area contributed by atoms with Gasteiger partial charge in [0.05, 0.1) is 17.2 Å². The van der Waals surface area contributed by atoms with Crippen molar-refractivity contribution in [3.63, 3.8) is 0 Å². The second kappa shape index (κ2) is 6.64. The van der Waals surface area contributed by atoms with Crippen LogP contribution in [-0.2, 0) is 16.4 Å². The van der Waals surface area contributed by atoms with Crippen molar-refractivity contribution in [2.24, 2.45) is 0 Å². The molecule has 0 amide bonds. The Kier molecular flexibility index (Phi) is 4.73. The van der Waals surface area contributed by atoms with Crippen molar-refractivity contribution < 1.29 is 17.9 Å². The number of sulfonamides is 1. The summed E-state index contributed by atoms with van der Waals surface area (Å²) in [4.78, 5) is 0.183. The molecule has 1 heterocycles. The molecule has 3 rings (SSSR count). The van der Waals surface area contributed by atoms with Gasteiger partial charge >= 0.3 is 0 Å². The highest BCUT2D eigenvalue weighted by atomic mass is 79.9. The second-order valence-electron chi connectivity index (χ2n) is 5.58. The maximum atomic E-state index is 12.6. The number of nitrogens with one attached hydrogen (secondary N) is 1. The van der Waals surface area contributed by atoms with Gasteiger partial charge in [-0.15, -0.1) is 0 Å². The third-order valence-electron chi connectivity index (χ3n) is 3.67. The summed E-state index contributed by atoms with van der Waals surface area (Å²) in [5.41, 5.74) is 1.41. The van der Waals surface area contributed by atoms with Gasteiger partial charge in [-0.25, -0.2) is 8.42 Å². The van der Waals surface area contributed by atoms with Crippen LogP contribution in [-0.4, -0.2) is 21.1 Å². The fourth-order valence-electron chi connectivity index (χ4n) is 2.61. The molecule has 0 spiro atoms. The molecule has 7 heteroatoms. The van der Waals surface area contributed by atoms with Gasteiger partial charge in [0, 0.05) is 22.5 Å². The third-order valence-corrected chi connectivity index (χ3v) is 5.58. The molecule has 2 aromatic rings. The number of anilines is 1. The number of halogens is 1. The summed E-state index contributed by atoms with van der Waals surface area (Å²) >= 11 is 3.30. The molecule has 0 radical (unpaired) electrons. The zero-order chi connectivity index (χ0) is 17.3. The summed E-state index contributed by atoms with van der Waals surface area (Å²) in [5.74, 6) is 1.20. The monoisotopic (exact) mass is 411 g/mol. The lowest BCUT2D eigenvalue weighted by molar-refractivity contribution is 0.254. The number of benzene rings is 2. The van der Waals surface area contributed by atoms with Crippen LogP contribution in [0.2, 0.25) is 0 Å². The maximum Gasteiger partial charge on any atom is 0.262 e. The lowest BCUT2D eigenvalue weighted by Gasteiger charge is -2.14. The first kappa shape index (κ1) is 17.1. The van der Waals surface area contributed by atoms with Crippen LogP contribution < -0.4 is 14.2 Å². The Hall–Kier alpha value is -1.73. The van der Waals surface area contributed by atoms with Gasteiger partial charge in [0.1, 0.15) is 17.6 Å². The Morgan fingerprint density at radius 3 is 2.67 bits per heavy atom. The second-order valence-corrected chi connectivity index (χ2v) is 8.18. The van der Waals surface area contributed by atoms with Crippen LogP contribution in [0.1, 0.15) is 19.4 Å². The Balaban J connectivity index is 1.96. The molecule has 0 aliphatic carbocycles. The fourth-order valence-corrected chi connectivity index (χ4v) is 3.94. The van der Waals surface area contributed by atoms with E-state index in [4.69, 9.17) is 9.47 Å². The molecule has 5 nitrogen and oxygen atoms in total. The molecule has 128 valence electrons. The van der Waals surface area contributed by atoms with Gasteiger partial charge < -0.3 is 9.47 Å². The summed E-state index contributed by atoms with van der Waals surface area (Å²) < 4.78 is 40.0. The Labute approximate surface area is 150 Å². The van der Waals surface area contributed by atoms with Crippen LogP contribution in [0.3, 0.4) is 0 Å². The van der Waals surface area contributed by atoms with Crippen molar-refractivity contribution in [1.29, 1.82) is 0 Å². The van der Waals surface area contributed by atoms with Crippen molar-refractivity contribution in [2.45, 2.75) is 31.3 Å². The van der Waals surface area contributed by atoms with E-state index in [-0.39, 0.29) is 11.0 Å². The van der Waals surface area contributed by atoms with Crippen LogP contribution in [0.5, 0.6) is 11.5 Å². The van der Waals surface area contributed by atoms with Crippen molar-refractivity contribution >= 4 is 31.6 Å². The highest BCUT2D eigenvalue weighted by Crippen LogP contribution is 2.38. The van der Waals surface area contributed by atoms with Crippen LogP contribution in [0.15, 0.2) is 45.8 Å². The fraction of sp³-hybridized carbons (Fsp3) is 0.294. The Morgan fingerprint density at radius 1 is 1.29 bits per heavy atom. The zero-order valence-corrected chi connectivity index (χ0v) is 15.8. The van der Waals surface area contributed by atoms with Gasteiger partial charge in [0.2, 0.25) is 0 Å². The van der Waals surface area contributed by atoms with E-state index in [9.17, 15) is 8.42 Å². The number of hydrogen-bond acceptors (Lipinski definition) is 4. The summed E-state index contributed by atoms with van der Waals surface area (Å²) in [6.07, 6.45) is 0.864. The van der Waals surface area contributed by atoms with Gasteiger partial charge in [0.25, 0.3) is 10.0 Å². The van der Waals surface area contributed by atoms with Crippen LogP contribution in [0, 0.1) is 0 Å². The topological polar surface area (TPSA) is 64.6 Å². The quantitative estimate of drug-likeness (QED) is 0.807. The lowest BCUT2D eigenvalue weighted by atomic mass is 10.1. The minimum Gasteiger partial charge on any atom is -0.492 e. The molecule has 1 atom stereocenters. The molecule has 1 aliphatic rings. The highest BCUT2D eigenvalue weighted by Gasteiger charge is 2.24. The first-order chi connectivity index (χ1) is 11.4. The SMILES string of the molecule is CCOc1cc2c(cc1NS(=O)(=O)c1ccc(Br)cc1)O[C@@H](C)C2. The molecular weight excluding hydrogens is 394 g/mol. The molecule has 0 aromatic heterocycles. The van der Waals surface area contributed by atoms with E-state index in [0.717, 1.165) is 16.5 Å². The average Bonchev–Trinajstić information content (AvgIpc) is 2.87. The number of fused-ring (bicyclic) bond motifs is 1. The summed E-state index contributed by atoms with van der Waals surface area (Å²) in [6.45, 7) is 4.29. The molecule has 0 bridgehead atoms. The summed E-state index contributed by atoms with van der Waals surface area (Å²) in [7, 11) is -3.71. The first-order valence-corrected chi connectivity index (χ1v) is 9.91. The molecular formula is C17H18BrNO4S. The van der Waals surface area contributed by atoms with E-state index in [2.05, 4.69) is 20.7 Å². The standard InChI is InChI=1S/C17H18BrNO4S/c1-3-22-17-9-12-8-11(2)23-16(12)10-15(17)19-24(20,21)14-6-4-13(18)5-7-14/h4-7,9-11,19H,3,8H2,1-2H3/t11-/m0/s1. The van der Waals surface area contributed by atoms with E-state index in [0.29, 0.717) is 23.8 Å². The minimum absolute atomic E-state index is 0.0767. The van der Waals surface area contributed by atoms with Crippen LogP contribution in [0.25, 0.3) is 0 Å². The van der Waals surface area contributed by atoms with Crippen LogP contribution >= 0.6 is 15.9 Å². The lowest BCUT2D eigenvalue weighted by Crippen LogP contribution is -2.14. The molecule has 0 saturated heterocycles. The van der Waals surface area contributed by atoms with Gasteiger partial charge in [0.15, 0.2) is 0 Å². The number of ether oxygens (including phenoxy) is 2. The summed E-state index contributed by atoms with van der Waals surface area (Å²) in [6, 6.07) is 10.00. The average molecular weight is 412 g/mol. The zero-order valence-electron chi connectivity index (χ0n) is 13.4. The predicted octanol–water partition coefficient (Wildman–Crippen LogP) is 3.97. The number of rotatable bonds is 5. The van der Waals surface area contributed by atoms with Crippen molar-refractivity contribution in [1.82, 2.24) is 0 Å². The molecule has 0 saturated carbocycles. The summed E-state index contributed by atoms with van der Waals surface area (Å²) in [5, 5.41) is 0. The predicted molar refractivity (Wildman–Crippen MR) is 96.4 cm³/mol. The molecule has 0 unspecified atom stereocenters. The third kappa shape index (κ3) is 3.52. The molecule has 1 N–H and O–H groups in total. The number of hydrogen-bond donors (Lipinski definition) is 1. The Morgan fingerprint density at radius 2 is 2.00 bits per heavy atom. The van der Waals surface area contributed by atoms with E-state index in [1.807, 2.05) is 19.9 Å². The van der Waals surface area contributed by atoms with Gasteiger partial charge in [-0.2, -0.15) is 0 Å². The van der Waals surface area contributed by atoms with Crippen molar-refractivity contribution in [3.8, 4) is 11.5 Å². The smallest absolute Gasteiger partial charge is 0.262 e. The van der Waals surface area contributed by atoms with E-state index in [1.165, 1.54) is 0 Å². The van der Waals surface area contributed by atoms with Crippen LogP contribution in [0.4, 0.5) is 5.69 Å². The Bertz CT molecular complexity index is 850. The normalized spacial score (nSPS) is 16.4.